The molecule has 0 bridgehead atoms. The van der Waals surface area contributed by atoms with Gasteiger partial charge in [0.25, 0.3) is 0 Å². The van der Waals surface area contributed by atoms with E-state index in [0.717, 1.165) is 36.3 Å². The van der Waals surface area contributed by atoms with Crippen LogP contribution >= 0.6 is 0 Å². The number of hydrogen-bond acceptors (Lipinski definition) is 3. The molecule has 106 valence electrons. The monoisotopic (exact) mass is 277 g/mol. The zero-order valence-corrected chi connectivity index (χ0v) is 12.5. The second kappa shape index (κ2) is 5.49. The summed E-state index contributed by atoms with van der Waals surface area (Å²) in [6.45, 7) is 3.81. The van der Waals surface area contributed by atoms with E-state index in [4.69, 9.17) is 0 Å². The van der Waals surface area contributed by atoms with Gasteiger partial charge in [0.15, 0.2) is 0 Å². The van der Waals surface area contributed by atoms with Crippen molar-refractivity contribution in [3.8, 4) is 6.07 Å². The van der Waals surface area contributed by atoms with Crippen LogP contribution in [0.4, 0.5) is 11.4 Å². The van der Waals surface area contributed by atoms with Gasteiger partial charge in [0.05, 0.1) is 11.3 Å². The van der Waals surface area contributed by atoms with Crippen molar-refractivity contribution in [2.45, 2.75) is 19.9 Å². The molecule has 1 heterocycles. The van der Waals surface area contributed by atoms with Crippen LogP contribution in [0, 0.1) is 18.3 Å². The highest BCUT2D eigenvalue weighted by molar-refractivity contribution is 5.62. The summed E-state index contributed by atoms with van der Waals surface area (Å²) in [4.78, 5) is 2.29. The van der Waals surface area contributed by atoms with Crippen molar-refractivity contribution in [2.75, 3.05) is 23.8 Å². The first-order valence-electron chi connectivity index (χ1n) is 7.25. The third-order valence-corrected chi connectivity index (χ3v) is 4.14. The molecule has 0 fully saturated rings. The minimum atomic E-state index is 0.735. The van der Waals surface area contributed by atoms with Crippen LogP contribution in [0.1, 0.15) is 22.3 Å². The third-order valence-electron chi connectivity index (χ3n) is 4.14. The quantitative estimate of drug-likeness (QED) is 0.933. The van der Waals surface area contributed by atoms with Crippen LogP contribution in [0.25, 0.3) is 0 Å². The van der Waals surface area contributed by atoms with Crippen LogP contribution in [0.5, 0.6) is 0 Å². The van der Waals surface area contributed by atoms with Gasteiger partial charge in [-0.25, -0.2) is 0 Å². The molecule has 2 aromatic rings. The summed E-state index contributed by atoms with van der Waals surface area (Å²) in [6.07, 6.45) is 1.12. The molecule has 0 radical (unpaired) electrons. The molecule has 0 amide bonds. The first-order valence-corrected chi connectivity index (χ1v) is 7.25. The lowest BCUT2D eigenvalue weighted by atomic mass is 10.1. The highest BCUT2D eigenvalue weighted by Crippen LogP contribution is 2.28. The molecule has 0 atom stereocenters. The largest absolute Gasteiger partial charge is 0.380 e. The Morgan fingerprint density at radius 2 is 2.14 bits per heavy atom. The first-order chi connectivity index (χ1) is 10.2. The molecule has 0 aromatic heterocycles. The molecule has 1 aliphatic heterocycles. The number of rotatable bonds is 3. The fraction of sp³-hybridized carbons (Fsp3) is 0.278. The van der Waals surface area contributed by atoms with E-state index >= 15 is 0 Å². The number of nitrogens with zero attached hydrogens (tertiary/aromatic N) is 2. The number of anilines is 2. The van der Waals surface area contributed by atoms with Gasteiger partial charge in [-0.2, -0.15) is 5.26 Å². The number of aryl methyl sites for hydroxylation is 1. The van der Waals surface area contributed by atoms with Crippen molar-refractivity contribution in [1.29, 1.82) is 5.26 Å². The van der Waals surface area contributed by atoms with Crippen LogP contribution in [0.15, 0.2) is 36.4 Å². The third kappa shape index (κ3) is 2.57. The average molecular weight is 277 g/mol. The van der Waals surface area contributed by atoms with E-state index in [9.17, 15) is 5.26 Å². The van der Waals surface area contributed by atoms with E-state index < -0.39 is 0 Å². The van der Waals surface area contributed by atoms with Crippen molar-refractivity contribution in [1.82, 2.24) is 0 Å². The van der Waals surface area contributed by atoms with Gasteiger partial charge in [-0.05, 0) is 42.2 Å². The molecular weight excluding hydrogens is 258 g/mol. The standard InChI is InChI=1S/C18H19N3/c1-13-4-3-5-17(16(13)11-19)20-12-14-6-7-18-15(10-14)8-9-21(18)2/h3-7,10,20H,8-9,12H2,1-2H3. The van der Waals surface area contributed by atoms with Gasteiger partial charge >= 0.3 is 0 Å². The van der Waals surface area contributed by atoms with Crippen LogP contribution in [0.2, 0.25) is 0 Å². The zero-order chi connectivity index (χ0) is 14.8. The van der Waals surface area contributed by atoms with Gasteiger partial charge in [0, 0.05) is 25.8 Å². The van der Waals surface area contributed by atoms with Crippen molar-refractivity contribution in [3.63, 3.8) is 0 Å². The molecule has 3 rings (SSSR count). The SMILES string of the molecule is Cc1cccc(NCc2ccc3c(c2)CCN3C)c1C#N. The second-order valence-electron chi connectivity index (χ2n) is 5.60. The fourth-order valence-corrected chi connectivity index (χ4v) is 2.89. The summed E-state index contributed by atoms with van der Waals surface area (Å²) >= 11 is 0. The Balaban J connectivity index is 1.77. The Kier molecular flexibility index (Phi) is 3.53. The van der Waals surface area contributed by atoms with Gasteiger partial charge in [-0.15, -0.1) is 0 Å². The molecule has 0 saturated carbocycles. The summed E-state index contributed by atoms with van der Waals surface area (Å²) in [7, 11) is 2.13. The average Bonchev–Trinajstić information content (AvgIpc) is 2.86. The van der Waals surface area contributed by atoms with E-state index in [0.29, 0.717) is 0 Å². The minimum absolute atomic E-state index is 0.735. The van der Waals surface area contributed by atoms with Gasteiger partial charge in [-0.3, -0.25) is 0 Å². The molecule has 0 spiro atoms. The van der Waals surface area contributed by atoms with Gasteiger partial charge < -0.3 is 10.2 Å². The van der Waals surface area contributed by atoms with Gasteiger partial charge in [0.1, 0.15) is 6.07 Å². The molecule has 21 heavy (non-hydrogen) atoms. The summed E-state index contributed by atoms with van der Waals surface area (Å²) < 4.78 is 0. The van der Waals surface area contributed by atoms with E-state index in [1.165, 1.54) is 16.8 Å². The van der Waals surface area contributed by atoms with Crippen LogP contribution in [-0.4, -0.2) is 13.6 Å². The lowest BCUT2D eigenvalue weighted by molar-refractivity contribution is 0.955. The van der Waals surface area contributed by atoms with E-state index in [1.54, 1.807) is 0 Å². The number of likely N-dealkylation sites (N-methyl/N-ethyl adjacent to an activating group) is 1. The Bertz CT molecular complexity index is 713. The maximum Gasteiger partial charge on any atom is 0.102 e. The Morgan fingerprint density at radius 3 is 2.95 bits per heavy atom. The molecule has 2 aromatic carbocycles. The molecule has 0 unspecified atom stereocenters. The smallest absolute Gasteiger partial charge is 0.102 e. The Hall–Kier alpha value is -2.47. The van der Waals surface area contributed by atoms with Crippen molar-refractivity contribution in [2.24, 2.45) is 0 Å². The van der Waals surface area contributed by atoms with Crippen LogP contribution < -0.4 is 10.2 Å². The van der Waals surface area contributed by atoms with E-state index in [1.807, 2.05) is 25.1 Å². The Labute approximate surface area is 125 Å². The normalized spacial score (nSPS) is 12.9. The predicted molar refractivity (Wildman–Crippen MR) is 86.6 cm³/mol. The zero-order valence-electron chi connectivity index (χ0n) is 12.5. The molecule has 1 N–H and O–H groups in total. The van der Waals surface area contributed by atoms with Gasteiger partial charge in [0.2, 0.25) is 0 Å². The van der Waals surface area contributed by atoms with Crippen molar-refractivity contribution in [3.05, 3.63) is 58.7 Å². The number of hydrogen-bond donors (Lipinski definition) is 1. The second-order valence-corrected chi connectivity index (χ2v) is 5.60. The number of nitriles is 1. The molecule has 3 heteroatoms. The lowest BCUT2D eigenvalue weighted by Gasteiger charge is -2.13. The first kappa shape index (κ1) is 13.5. The number of fused-ring (bicyclic) bond motifs is 1. The van der Waals surface area contributed by atoms with Gasteiger partial charge in [-0.1, -0.05) is 24.3 Å². The molecule has 0 saturated heterocycles. The molecule has 3 nitrogen and oxygen atoms in total. The van der Waals surface area contributed by atoms with Crippen LogP contribution in [-0.2, 0) is 13.0 Å². The van der Waals surface area contributed by atoms with Crippen molar-refractivity contribution < 1.29 is 0 Å². The van der Waals surface area contributed by atoms with E-state index in [-0.39, 0.29) is 0 Å². The van der Waals surface area contributed by atoms with Crippen molar-refractivity contribution >= 4 is 11.4 Å². The maximum atomic E-state index is 9.26. The lowest BCUT2D eigenvalue weighted by Crippen LogP contribution is -2.12. The molecular formula is C18H19N3. The molecule has 0 aliphatic carbocycles. The maximum absolute atomic E-state index is 9.26. The number of benzene rings is 2. The van der Waals surface area contributed by atoms with Crippen LogP contribution in [0.3, 0.4) is 0 Å². The minimum Gasteiger partial charge on any atom is -0.380 e. The van der Waals surface area contributed by atoms with E-state index in [2.05, 4.69) is 41.5 Å². The summed E-state index contributed by atoms with van der Waals surface area (Å²) in [6, 6.07) is 14.8. The predicted octanol–water partition coefficient (Wildman–Crippen LogP) is 3.47. The Morgan fingerprint density at radius 1 is 1.29 bits per heavy atom. The fourth-order valence-electron chi connectivity index (χ4n) is 2.89. The summed E-state index contributed by atoms with van der Waals surface area (Å²) in [5.41, 5.74) is 6.68. The highest BCUT2D eigenvalue weighted by atomic mass is 15.1. The topological polar surface area (TPSA) is 39.1 Å². The summed E-state index contributed by atoms with van der Waals surface area (Å²) in [5, 5.41) is 12.6. The highest BCUT2D eigenvalue weighted by Gasteiger charge is 2.15. The number of nitrogens with one attached hydrogen (secondary N) is 1. The summed E-state index contributed by atoms with van der Waals surface area (Å²) in [5.74, 6) is 0. The molecule has 1 aliphatic rings.